The van der Waals surface area contributed by atoms with Gasteiger partial charge in [-0.2, -0.15) is 0 Å². The van der Waals surface area contributed by atoms with E-state index in [4.69, 9.17) is 4.74 Å². The molecule has 2 aromatic rings. The van der Waals surface area contributed by atoms with Crippen LogP contribution in [0.1, 0.15) is 32.0 Å². The summed E-state index contributed by atoms with van der Waals surface area (Å²) in [5, 5.41) is 3.45. The monoisotopic (exact) mass is 302 g/mol. The van der Waals surface area contributed by atoms with Gasteiger partial charge < -0.3 is 10.1 Å². The van der Waals surface area contributed by atoms with Gasteiger partial charge >= 0.3 is 0 Å². The highest BCUT2D eigenvalue weighted by Gasteiger charge is 2.09. The van der Waals surface area contributed by atoms with Crippen molar-refractivity contribution in [2.45, 2.75) is 36.1 Å². The molecule has 4 heteroatoms. The fraction of sp³-hybridized carbons (Fsp3) is 0.353. The molecule has 0 radical (unpaired) electrons. The number of aromatic nitrogens is 1. The van der Waals surface area contributed by atoms with Gasteiger partial charge in [-0.25, -0.2) is 0 Å². The quantitative estimate of drug-likeness (QED) is 0.827. The van der Waals surface area contributed by atoms with E-state index in [9.17, 15) is 0 Å². The van der Waals surface area contributed by atoms with Crippen molar-refractivity contribution in [3.8, 4) is 5.75 Å². The molecule has 21 heavy (non-hydrogen) atoms. The van der Waals surface area contributed by atoms with Gasteiger partial charge in [0.05, 0.1) is 12.8 Å². The van der Waals surface area contributed by atoms with Gasteiger partial charge in [-0.05, 0) is 43.3 Å². The van der Waals surface area contributed by atoms with Gasteiger partial charge in [-0.1, -0.05) is 31.7 Å². The van der Waals surface area contributed by atoms with Crippen LogP contribution >= 0.6 is 11.8 Å². The number of methoxy groups -OCH3 is 1. The zero-order valence-electron chi connectivity index (χ0n) is 12.8. The number of nitrogens with one attached hydrogen (secondary N) is 1. The van der Waals surface area contributed by atoms with Gasteiger partial charge in [0.1, 0.15) is 5.75 Å². The predicted octanol–water partition coefficient (Wildman–Crippen LogP) is 4.30. The lowest BCUT2D eigenvalue weighted by atomic mass is 10.1. The Hall–Kier alpha value is -1.52. The zero-order valence-corrected chi connectivity index (χ0v) is 13.6. The maximum atomic E-state index is 5.25. The second kappa shape index (κ2) is 8.05. The van der Waals surface area contributed by atoms with Crippen molar-refractivity contribution in [2.24, 2.45) is 0 Å². The summed E-state index contributed by atoms with van der Waals surface area (Å²) < 4.78 is 5.25. The maximum absolute atomic E-state index is 5.25. The van der Waals surface area contributed by atoms with Crippen LogP contribution in [0.5, 0.6) is 5.75 Å². The summed E-state index contributed by atoms with van der Waals surface area (Å²) in [5.41, 5.74) is 1.11. The molecular weight excluding hydrogens is 280 g/mol. The molecule has 0 aliphatic heterocycles. The van der Waals surface area contributed by atoms with Crippen molar-refractivity contribution in [3.63, 3.8) is 0 Å². The van der Waals surface area contributed by atoms with Gasteiger partial charge in [-0.3, -0.25) is 4.98 Å². The Bertz CT molecular complexity index is 557. The molecule has 3 nitrogen and oxygen atoms in total. The van der Waals surface area contributed by atoms with Gasteiger partial charge in [-0.15, -0.1) is 0 Å². The second-order valence-electron chi connectivity index (χ2n) is 4.72. The molecular formula is C17H22N2OS. The smallest absolute Gasteiger partial charge is 0.119 e. The highest BCUT2D eigenvalue weighted by molar-refractivity contribution is 7.99. The molecule has 112 valence electrons. The van der Waals surface area contributed by atoms with Crippen LogP contribution in [0.15, 0.2) is 52.4 Å². The number of hydrogen-bond acceptors (Lipinski definition) is 4. The Labute approximate surface area is 131 Å². The minimum Gasteiger partial charge on any atom is -0.497 e. The van der Waals surface area contributed by atoms with Crippen LogP contribution in [0.2, 0.25) is 0 Å². The Morgan fingerprint density at radius 3 is 2.67 bits per heavy atom. The van der Waals surface area contributed by atoms with E-state index in [0.29, 0.717) is 6.04 Å². The van der Waals surface area contributed by atoms with E-state index in [1.807, 2.05) is 24.4 Å². The first kappa shape index (κ1) is 15.9. The third-order valence-corrected chi connectivity index (χ3v) is 4.22. The number of hydrogen-bond donors (Lipinski definition) is 1. The Morgan fingerprint density at radius 2 is 2.05 bits per heavy atom. The van der Waals surface area contributed by atoms with E-state index in [1.54, 1.807) is 18.9 Å². The van der Waals surface area contributed by atoms with Crippen LogP contribution in [-0.2, 0) is 0 Å². The molecule has 1 aromatic heterocycles. The largest absolute Gasteiger partial charge is 0.497 e. The third-order valence-electron chi connectivity index (χ3n) is 3.25. The average molecular weight is 302 g/mol. The first-order chi connectivity index (χ1) is 10.3. The van der Waals surface area contributed by atoms with Crippen LogP contribution in [0.3, 0.4) is 0 Å². The van der Waals surface area contributed by atoms with Gasteiger partial charge in [0, 0.05) is 22.0 Å². The van der Waals surface area contributed by atoms with Crippen LogP contribution in [0, 0.1) is 0 Å². The number of nitrogens with zero attached hydrogens (tertiary/aromatic N) is 1. The van der Waals surface area contributed by atoms with Crippen LogP contribution in [0.25, 0.3) is 0 Å². The van der Waals surface area contributed by atoms with Gasteiger partial charge in [0.25, 0.3) is 0 Å². The number of rotatable bonds is 7. The summed E-state index contributed by atoms with van der Waals surface area (Å²) in [6, 6.07) is 12.6. The van der Waals surface area contributed by atoms with E-state index >= 15 is 0 Å². The second-order valence-corrected chi connectivity index (χ2v) is 5.87. The van der Waals surface area contributed by atoms with Gasteiger partial charge in [0.15, 0.2) is 0 Å². The summed E-state index contributed by atoms with van der Waals surface area (Å²) >= 11 is 1.70. The molecule has 0 fully saturated rings. The molecule has 1 unspecified atom stereocenters. The summed E-state index contributed by atoms with van der Waals surface area (Å²) in [6.45, 7) is 5.25. The Balaban J connectivity index is 2.08. The highest BCUT2D eigenvalue weighted by Crippen LogP contribution is 2.30. The van der Waals surface area contributed by atoms with E-state index in [0.717, 1.165) is 34.2 Å². The number of pyridine rings is 1. The molecule has 0 aliphatic rings. The molecule has 0 saturated heterocycles. The predicted molar refractivity (Wildman–Crippen MR) is 88.1 cm³/mol. The van der Waals surface area contributed by atoms with Crippen molar-refractivity contribution in [1.29, 1.82) is 0 Å². The fourth-order valence-corrected chi connectivity index (χ4v) is 3.00. The molecule has 1 N–H and O–H groups in total. The van der Waals surface area contributed by atoms with E-state index in [1.165, 1.54) is 0 Å². The normalized spacial score (nSPS) is 12.1. The SMILES string of the molecule is CCNC(CC)c1ccc(Sc2cccc(OC)c2)cn1. The molecule has 1 aromatic carbocycles. The fourth-order valence-electron chi connectivity index (χ4n) is 2.16. The Kier molecular flexibility index (Phi) is 6.08. The van der Waals surface area contributed by atoms with Crippen molar-refractivity contribution < 1.29 is 4.74 Å². The summed E-state index contributed by atoms with van der Waals surface area (Å²) in [4.78, 5) is 6.89. The van der Waals surface area contributed by atoms with Crippen molar-refractivity contribution in [3.05, 3.63) is 48.3 Å². The van der Waals surface area contributed by atoms with Crippen molar-refractivity contribution in [2.75, 3.05) is 13.7 Å². The standard InChI is InChI=1S/C17H22N2OS/c1-4-16(18-5-2)17-10-9-15(12-19-17)21-14-8-6-7-13(11-14)20-3/h6-12,16,18H,4-5H2,1-3H3. The minimum absolute atomic E-state index is 0.339. The van der Waals surface area contributed by atoms with Crippen molar-refractivity contribution in [1.82, 2.24) is 10.3 Å². The first-order valence-electron chi connectivity index (χ1n) is 7.28. The topological polar surface area (TPSA) is 34.1 Å². The molecule has 0 amide bonds. The number of ether oxygens (including phenoxy) is 1. The Morgan fingerprint density at radius 1 is 1.19 bits per heavy atom. The van der Waals surface area contributed by atoms with E-state index in [2.05, 4.69) is 42.3 Å². The third kappa shape index (κ3) is 4.48. The molecule has 1 atom stereocenters. The molecule has 0 saturated carbocycles. The van der Waals surface area contributed by atoms with Crippen LogP contribution in [0.4, 0.5) is 0 Å². The molecule has 0 spiro atoms. The van der Waals surface area contributed by atoms with Crippen LogP contribution < -0.4 is 10.1 Å². The van der Waals surface area contributed by atoms with E-state index < -0.39 is 0 Å². The van der Waals surface area contributed by atoms with Crippen molar-refractivity contribution >= 4 is 11.8 Å². The maximum Gasteiger partial charge on any atom is 0.119 e. The lowest BCUT2D eigenvalue weighted by molar-refractivity contribution is 0.413. The number of benzene rings is 1. The lowest BCUT2D eigenvalue weighted by Gasteiger charge is -2.15. The molecule has 0 bridgehead atoms. The molecule has 1 heterocycles. The van der Waals surface area contributed by atoms with Crippen LogP contribution in [-0.4, -0.2) is 18.6 Å². The molecule has 0 aliphatic carbocycles. The summed E-state index contributed by atoms with van der Waals surface area (Å²) in [6.07, 6.45) is 2.99. The highest BCUT2D eigenvalue weighted by atomic mass is 32.2. The zero-order chi connectivity index (χ0) is 15.1. The summed E-state index contributed by atoms with van der Waals surface area (Å²) in [7, 11) is 1.69. The lowest BCUT2D eigenvalue weighted by Crippen LogP contribution is -2.20. The van der Waals surface area contributed by atoms with Gasteiger partial charge in [0.2, 0.25) is 0 Å². The molecule has 2 rings (SSSR count). The first-order valence-corrected chi connectivity index (χ1v) is 8.09. The van der Waals surface area contributed by atoms with E-state index in [-0.39, 0.29) is 0 Å². The average Bonchev–Trinajstić information content (AvgIpc) is 2.54. The minimum atomic E-state index is 0.339. The summed E-state index contributed by atoms with van der Waals surface area (Å²) in [5.74, 6) is 0.878.